The van der Waals surface area contributed by atoms with Crippen molar-refractivity contribution in [2.75, 3.05) is 20.7 Å². The standard InChI is InChI=1S/C11H25NO/c1-9(2)7-8-12(5)10(3)11(4)13-6/h9-11H,7-8H2,1-6H3/t10-,11-/m0/s1. The second-order valence-corrected chi connectivity index (χ2v) is 4.34. The Balaban J connectivity index is 3.74. The van der Waals surface area contributed by atoms with E-state index < -0.39 is 0 Å². The lowest BCUT2D eigenvalue weighted by Gasteiger charge is -2.29. The number of methoxy groups -OCH3 is 1. The SMILES string of the molecule is CO[C@@H](C)[C@H](C)N(C)CCC(C)C. The number of rotatable bonds is 6. The van der Waals surface area contributed by atoms with Crippen LogP contribution in [0, 0.1) is 5.92 Å². The lowest BCUT2D eigenvalue weighted by atomic mass is 10.1. The first kappa shape index (κ1) is 12.9. The first-order chi connectivity index (χ1) is 5.99. The first-order valence-electron chi connectivity index (χ1n) is 5.22. The highest BCUT2D eigenvalue weighted by atomic mass is 16.5. The van der Waals surface area contributed by atoms with E-state index in [0.717, 1.165) is 12.5 Å². The Bertz CT molecular complexity index is 125. The van der Waals surface area contributed by atoms with Crippen LogP contribution in [0.3, 0.4) is 0 Å². The molecule has 0 rings (SSSR count). The number of nitrogens with zero attached hydrogens (tertiary/aromatic N) is 1. The molecule has 0 saturated heterocycles. The van der Waals surface area contributed by atoms with Gasteiger partial charge in [0.05, 0.1) is 6.10 Å². The minimum absolute atomic E-state index is 0.317. The summed E-state index contributed by atoms with van der Waals surface area (Å²) >= 11 is 0. The minimum atomic E-state index is 0.317. The van der Waals surface area contributed by atoms with Gasteiger partial charge in [-0.25, -0.2) is 0 Å². The summed E-state index contributed by atoms with van der Waals surface area (Å²) in [6.07, 6.45) is 1.58. The van der Waals surface area contributed by atoms with Crippen LogP contribution in [-0.4, -0.2) is 37.7 Å². The number of likely N-dealkylation sites (N-methyl/N-ethyl adjacent to an activating group) is 1. The highest BCUT2D eigenvalue weighted by Crippen LogP contribution is 2.07. The summed E-state index contributed by atoms with van der Waals surface area (Å²) in [7, 11) is 3.94. The van der Waals surface area contributed by atoms with Gasteiger partial charge in [-0.05, 0) is 39.8 Å². The van der Waals surface area contributed by atoms with Crippen molar-refractivity contribution in [3.63, 3.8) is 0 Å². The van der Waals surface area contributed by atoms with Gasteiger partial charge in [-0.15, -0.1) is 0 Å². The van der Waals surface area contributed by atoms with Crippen LogP contribution >= 0.6 is 0 Å². The summed E-state index contributed by atoms with van der Waals surface area (Å²) < 4.78 is 5.30. The van der Waals surface area contributed by atoms with E-state index in [1.807, 2.05) is 0 Å². The Morgan fingerprint density at radius 3 is 2.08 bits per heavy atom. The van der Waals surface area contributed by atoms with Gasteiger partial charge in [0, 0.05) is 13.2 Å². The first-order valence-corrected chi connectivity index (χ1v) is 5.22. The van der Waals surface area contributed by atoms with Crippen molar-refractivity contribution in [3.8, 4) is 0 Å². The fourth-order valence-corrected chi connectivity index (χ4v) is 1.22. The van der Waals surface area contributed by atoms with Crippen LogP contribution in [0.5, 0.6) is 0 Å². The number of ether oxygens (including phenoxy) is 1. The van der Waals surface area contributed by atoms with Crippen LogP contribution in [0.4, 0.5) is 0 Å². The zero-order valence-electron chi connectivity index (χ0n) is 10.0. The molecule has 13 heavy (non-hydrogen) atoms. The molecule has 0 radical (unpaired) electrons. The summed E-state index contributed by atoms with van der Waals surface area (Å²) in [6, 6.07) is 0.503. The van der Waals surface area contributed by atoms with Crippen molar-refractivity contribution >= 4 is 0 Å². The van der Waals surface area contributed by atoms with Gasteiger partial charge in [-0.3, -0.25) is 0 Å². The molecule has 0 unspecified atom stereocenters. The molecule has 0 fully saturated rings. The van der Waals surface area contributed by atoms with E-state index in [0.29, 0.717) is 12.1 Å². The smallest absolute Gasteiger partial charge is 0.0695 e. The third kappa shape index (κ3) is 5.27. The van der Waals surface area contributed by atoms with Crippen LogP contribution in [0.15, 0.2) is 0 Å². The van der Waals surface area contributed by atoms with Crippen LogP contribution in [0.1, 0.15) is 34.1 Å². The molecule has 0 spiro atoms. The second kappa shape index (κ2) is 6.39. The van der Waals surface area contributed by atoms with Crippen LogP contribution in [0.25, 0.3) is 0 Å². The van der Waals surface area contributed by atoms with E-state index in [1.165, 1.54) is 6.42 Å². The molecule has 0 aliphatic carbocycles. The van der Waals surface area contributed by atoms with Crippen LogP contribution < -0.4 is 0 Å². The minimum Gasteiger partial charge on any atom is -0.380 e. The molecule has 0 bridgehead atoms. The van der Waals surface area contributed by atoms with Crippen LogP contribution in [0.2, 0.25) is 0 Å². The Morgan fingerprint density at radius 2 is 1.69 bits per heavy atom. The lowest BCUT2D eigenvalue weighted by molar-refractivity contribution is 0.0425. The molecule has 0 saturated carbocycles. The maximum Gasteiger partial charge on any atom is 0.0695 e. The van der Waals surface area contributed by atoms with Crippen LogP contribution in [-0.2, 0) is 4.74 Å². The van der Waals surface area contributed by atoms with E-state index in [1.54, 1.807) is 7.11 Å². The normalized spacial score (nSPS) is 16.6. The Labute approximate surface area is 83.3 Å². The van der Waals surface area contributed by atoms with E-state index in [2.05, 4.69) is 39.6 Å². The molecule has 0 aromatic carbocycles. The molecular formula is C11H25NO. The van der Waals surface area contributed by atoms with Crippen molar-refractivity contribution in [3.05, 3.63) is 0 Å². The molecule has 0 aliphatic rings. The van der Waals surface area contributed by atoms with Gasteiger partial charge in [-0.2, -0.15) is 0 Å². The number of hydrogen-bond acceptors (Lipinski definition) is 2. The van der Waals surface area contributed by atoms with Gasteiger partial charge in [0.1, 0.15) is 0 Å². The quantitative estimate of drug-likeness (QED) is 0.633. The summed E-state index contributed by atoms with van der Waals surface area (Å²) in [5.74, 6) is 0.785. The Hall–Kier alpha value is -0.0800. The van der Waals surface area contributed by atoms with Gasteiger partial charge < -0.3 is 9.64 Å². The average Bonchev–Trinajstić information content (AvgIpc) is 2.11. The lowest BCUT2D eigenvalue weighted by Crippen LogP contribution is -2.39. The zero-order chi connectivity index (χ0) is 10.4. The Kier molecular flexibility index (Phi) is 6.35. The van der Waals surface area contributed by atoms with Gasteiger partial charge in [0.15, 0.2) is 0 Å². The topological polar surface area (TPSA) is 12.5 Å². The maximum atomic E-state index is 5.30. The monoisotopic (exact) mass is 187 g/mol. The third-order valence-corrected chi connectivity index (χ3v) is 2.81. The molecule has 0 amide bonds. The molecule has 2 heteroatoms. The third-order valence-electron chi connectivity index (χ3n) is 2.81. The Morgan fingerprint density at radius 1 is 1.15 bits per heavy atom. The molecular weight excluding hydrogens is 162 g/mol. The zero-order valence-corrected chi connectivity index (χ0v) is 10.0. The predicted octanol–water partition coefficient (Wildman–Crippen LogP) is 2.39. The van der Waals surface area contributed by atoms with Crippen molar-refractivity contribution in [2.24, 2.45) is 5.92 Å². The summed E-state index contributed by atoms with van der Waals surface area (Å²) in [5.41, 5.74) is 0. The average molecular weight is 187 g/mol. The van der Waals surface area contributed by atoms with E-state index >= 15 is 0 Å². The molecule has 2 atom stereocenters. The molecule has 0 aromatic heterocycles. The molecule has 0 aliphatic heterocycles. The van der Waals surface area contributed by atoms with E-state index in [-0.39, 0.29) is 0 Å². The fraction of sp³-hybridized carbons (Fsp3) is 1.00. The van der Waals surface area contributed by atoms with Crippen molar-refractivity contribution in [2.45, 2.75) is 46.3 Å². The number of hydrogen-bond donors (Lipinski definition) is 0. The fourth-order valence-electron chi connectivity index (χ4n) is 1.22. The maximum absolute atomic E-state index is 5.30. The van der Waals surface area contributed by atoms with Gasteiger partial charge in [0.2, 0.25) is 0 Å². The molecule has 0 aromatic rings. The summed E-state index contributed by atoms with van der Waals surface area (Å²) in [6.45, 7) is 10.0. The van der Waals surface area contributed by atoms with Crippen molar-refractivity contribution in [1.82, 2.24) is 4.90 Å². The second-order valence-electron chi connectivity index (χ2n) is 4.34. The molecule has 2 nitrogen and oxygen atoms in total. The largest absolute Gasteiger partial charge is 0.380 e. The predicted molar refractivity (Wildman–Crippen MR) is 58.0 cm³/mol. The highest BCUT2D eigenvalue weighted by molar-refractivity contribution is 4.70. The molecule has 0 N–H and O–H groups in total. The van der Waals surface area contributed by atoms with Crippen molar-refractivity contribution < 1.29 is 4.74 Å². The van der Waals surface area contributed by atoms with E-state index in [4.69, 9.17) is 4.74 Å². The highest BCUT2D eigenvalue weighted by Gasteiger charge is 2.15. The van der Waals surface area contributed by atoms with Gasteiger partial charge in [0.25, 0.3) is 0 Å². The molecule has 80 valence electrons. The van der Waals surface area contributed by atoms with Gasteiger partial charge >= 0.3 is 0 Å². The van der Waals surface area contributed by atoms with Gasteiger partial charge in [-0.1, -0.05) is 13.8 Å². The van der Waals surface area contributed by atoms with Crippen molar-refractivity contribution in [1.29, 1.82) is 0 Å². The summed E-state index contributed by atoms with van der Waals surface area (Å²) in [4.78, 5) is 2.37. The summed E-state index contributed by atoms with van der Waals surface area (Å²) in [5, 5.41) is 0. The van der Waals surface area contributed by atoms with E-state index in [9.17, 15) is 0 Å². The molecule has 0 heterocycles.